The predicted molar refractivity (Wildman–Crippen MR) is 73.2 cm³/mol. The molecule has 3 N–H and O–H groups in total. The fourth-order valence-electron chi connectivity index (χ4n) is 1.62. The van der Waals surface area contributed by atoms with Crippen molar-refractivity contribution in [3.05, 3.63) is 47.6 Å². The summed E-state index contributed by atoms with van der Waals surface area (Å²) in [5.74, 6) is 0.259. The summed E-state index contributed by atoms with van der Waals surface area (Å²) in [4.78, 5) is 0. The van der Waals surface area contributed by atoms with E-state index < -0.39 is 6.10 Å². The molecule has 1 atom stereocenters. The van der Waals surface area contributed by atoms with Gasteiger partial charge in [0.1, 0.15) is 5.75 Å². The first kappa shape index (κ1) is 14.5. The van der Waals surface area contributed by atoms with Gasteiger partial charge in [0, 0.05) is 0 Å². The third-order valence-electron chi connectivity index (χ3n) is 2.60. The summed E-state index contributed by atoms with van der Waals surface area (Å²) in [6.45, 7) is 1.97. The molecular formula is C15H20O3. The standard InChI is InChI=1S/C15H20O3/c1-12(4-7-14(17)3-2-10-16)11-13-5-8-15(18)9-6-13/h2-3,5-6,8-9,11,14,16-18H,4,7,10H2,1H3/b3-2-,12-11+/t14-/m0/s1. The number of hydrogen-bond donors (Lipinski definition) is 3. The van der Waals surface area contributed by atoms with Crippen LogP contribution in [0.4, 0.5) is 0 Å². The van der Waals surface area contributed by atoms with Crippen molar-refractivity contribution in [3.8, 4) is 5.75 Å². The highest BCUT2D eigenvalue weighted by atomic mass is 16.3. The minimum absolute atomic E-state index is 0.0423. The molecule has 1 aromatic carbocycles. The Kier molecular flexibility index (Phi) is 6.19. The Hall–Kier alpha value is -1.58. The van der Waals surface area contributed by atoms with Crippen molar-refractivity contribution in [3.63, 3.8) is 0 Å². The van der Waals surface area contributed by atoms with Crippen LogP contribution in [0.3, 0.4) is 0 Å². The third kappa shape index (κ3) is 5.66. The highest BCUT2D eigenvalue weighted by Gasteiger charge is 2.00. The van der Waals surface area contributed by atoms with Crippen LogP contribution in [0.5, 0.6) is 5.75 Å². The van der Waals surface area contributed by atoms with Crippen molar-refractivity contribution in [1.82, 2.24) is 0 Å². The molecule has 0 aliphatic carbocycles. The lowest BCUT2D eigenvalue weighted by atomic mass is 10.0. The minimum Gasteiger partial charge on any atom is -0.508 e. The van der Waals surface area contributed by atoms with Crippen molar-refractivity contribution in [1.29, 1.82) is 0 Å². The Morgan fingerprint density at radius 3 is 2.56 bits per heavy atom. The number of aromatic hydroxyl groups is 1. The molecule has 0 aliphatic heterocycles. The van der Waals surface area contributed by atoms with Gasteiger partial charge in [-0.05, 0) is 37.5 Å². The van der Waals surface area contributed by atoms with Crippen LogP contribution >= 0.6 is 0 Å². The Morgan fingerprint density at radius 1 is 1.28 bits per heavy atom. The Bertz CT molecular complexity index is 404. The second-order valence-corrected chi connectivity index (χ2v) is 4.30. The number of phenolic OH excluding ortho intramolecular Hbond substituents is 1. The van der Waals surface area contributed by atoms with E-state index in [0.717, 1.165) is 17.6 Å². The molecule has 0 unspecified atom stereocenters. The average Bonchev–Trinajstić information content (AvgIpc) is 2.36. The molecule has 0 saturated carbocycles. The van der Waals surface area contributed by atoms with Gasteiger partial charge in [-0.15, -0.1) is 0 Å². The van der Waals surface area contributed by atoms with Gasteiger partial charge in [-0.3, -0.25) is 0 Å². The monoisotopic (exact) mass is 248 g/mol. The molecule has 0 amide bonds. The molecule has 0 aliphatic rings. The molecule has 0 bridgehead atoms. The summed E-state index contributed by atoms with van der Waals surface area (Å²) in [7, 11) is 0. The predicted octanol–water partition coefficient (Wildman–Crippen LogP) is 2.49. The molecule has 1 aromatic rings. The molecule has 0 saturated heterocycles. The van der Waals surface area contributed by atoms with Crippen LogP contribution in [0.1, 0.15) is 25.3 Å². The highest BCUT2D eigenvalue weighted by molar-refractivity contribution is 5.53. The molecule has 3 nitrogen and oxygen atoms in total. The Morgan fingerprint density at radius 2 is 1.94 bits per heavy atom. The quantitative estimate of drug-likeness (QED) is 0.678. The van der Waals surface area contributed by atoms with E-state index in [2.05, 4.69) is 0 Å². The first-order chi connectivity index (χ1) is 8.61. The van der Waals surface area contributed by atoms with Crippen LogP contribution < -0.4 is 0 Å². The lowest BCUT2D eigenvalue weighted by Gasteiger charge is -2.06. The number of phenols is 1. The highest BCUT2D eigenvalue weighted by Crippen LogP contribution is 2.15. The van der Waals surface area contributed by atoms with E-state index >= 15 is 0 Å². The fraction of sp³-hybridized carbons (Fsp3) is 0.333. The van der Waals surface area contributed by atoms with E-state index in [1.807, 2.05) is 25.1 Å². The van der Waals surface area contributed by atoms with E-state index in [1.54, 1.807) is 24.3 Å². The molecule has 1 rings (SSSR count). The van der Waals surface area contributed by atoms with Gasteiger partial charge in [-0.25, -0.2) is 0 Å². The van der Waals surface area contributed by atoms with Crippen molar-refractivity contribution >= 4 is 6.08 Å². The van der Waals surface area contributed by atoms with E-state index in [-0.39, 0.29) is 12.4 Å². The maximum atomic E-state index is 9.57. The second-order valence-electron chi connectivity index (χ2n) is 4.30. The number of aliphatic hydroxyl groups is 2. The lowest BCUT2D eigenvalue weighted by Crippen LogP contribution is -2.02. The molecule has 0 radical (unpaired) electrons. The second kappa shape index (κ2) is 7.69. The van der Waals surface area contributed by atoms with Gasteiger partial charge in [-0.1, -0.05) is 35.9 Å². The maximum Gasteiger partial charge on any atom is 0.115 e. The minimum atomic E-state index is -0.514. The molecule has 0 aromatic heterocycles. The van der Waals surface area contributed by atoms with Crippen LogP contribution in [0.15, 0.2) is 42.0 Å². The summed E-state index contributed by atoms with van der Waals surface area (Å²) in [6, 6.07) is 7.00. The number of hydrogen-bond acceptors (Lipinski definition) is 3. The first-order valence-corrected chi connectivity index (χ1v) is 6.03. The summed E-state index contributed by atoms with van der Waals surface area (Å²) in [5, 5.41) is 27.3. The van der Waals surface area contributed by atoms with Crippen LogP contribution in [0.2, 0.25) is 0 Å². The SMILES string of the molecule is C/C(=C\c1ccc(O)cc1)CC[C@@H](O)/C=C\CO. The zero-order valence-corrected chi connectivity index (χ0v) is 10.6. The van der Waals surface area contributed by atoms with E-state index in [1.165, 1.54) is 0 Å². The first-order valence-electron chi connectivity index (χ1n) is 6.03. The number of rotatable bonds is 6. The molecule has 18 heavy (non-hydrogen) atoms. The molecule has 0 heterocycles. The van der Waals surface area contributed by atoms with E-state index in [9.17, 15) is 5.11 Å². The van der Waals surface area contributed by atoms with Crippen molar-refractivity contribution in [2.75, 3.05) is 6.61 Å². The smallest absolute Gasteiger partial charge is 0.115 e. The van der Waals surface area contributed by atoms with E-state index in [0.29, 0.717) is 6.42 Å². The topological polar surface area (TPSA) is 60.7 Å². The normalized spacial score (nSPS) is 14.1. The lowest BCUT2D eigenvalue weighted by molar-refractivity contribution is 0.211. The van der Waals surface area contributed by atoms with Crippen molar-refractivity contribution in [2.45, 2.75) is 25.9 Å². The van der Waals surface area contributed by atoms with Gasteiger partial charge in [0.05, 0.1) is 12.7 Å². The number of benzene rings is 1. The molecular weight excluding hydrogens is 228 g/mol. The van der Waals surface area contributed by atoms with Gasteiger partial charge >= 0.3 is 0 Å². The largest absolute Gasteiger partial charge is 0.508 e. The zero-order valence-electron chi connectivity index (χ0n) is 10.6. The maximum absolute atomic E-state index is 9.57. The average molecular weight is 248 g/mol. The van der Waals surface area contributed by atoms with Crippen LogP contribution in [-0.4, -0.2) is 28.0 Å². The Balaban J connectivity index is 2.47. The van der Waals surface area contributed by atoms with Crippen LogP contribution in [0.25, 0.3) is 6.08 Å². The molecule has 98 valence electrons. The summed E-state index contributed by atoms with van der Waals surface area (Å²) >= 11 is 0. The third-order valence-corrected chi connectivity index (χ3v) is 2.60. The summed E-state index contributed by atoms with van der Waals surface area (Å²) in [5.41, 5.74) is 2.20. The Labute approximate surface area is 108 Å². The fourth-order valence-corrected chi connectivity index (χ4v) is 1.62. The van der Waals surface area contributed by atoms with Gasteiger partial charge in [0.15, 0.2) is 0 Å². The van der Waals surface area contributed by atoms with Gasteiger partial charge < -0.3 is 15.3 Å². The molecule has 0 fully saturated rings. The van der Waals surface area contributed by atoms with Crippen molar-refractivity contribution in [2.24, 2.45) is 0 Å². The number of allylic oxidation sites excluding steroid dienone is 1. The zero-order chi connectivity index (χ0) is 13.4. The summed E-state index contributed by atoms with van der Waals surface area (Å²) < 4.78 is 0. The molecule has 0 spiro atoms. The van der Waals surface area contributed by atoms with Crippen LogP contribution in [0, 0.1) is 0 Å². The molecule has 3 heteroatoms. The number of aliphatic hydroxyl groups excluding tert-OH is 2. The van der Waals surface area contributed by atoms with Gasteiger partial charge in [0.2, 0.25) is 0 Å². The summed E-state index contributed by atoms with van der Waals surface area (Å²) in [6.07, 6.45) is 6.09. The van der Waals surface area contributed by atoms with Crippen molar-refractivity contribution < 1.29 is 15.3 Å². The van der Waals surface area contributed by atoms with Gasteiger partial charge in [0.25, 0.3) is 0 Å². The van der Waals surface area contributed by atoms with E-state index in [4.69, 9.17) is 10.2 Å². The van der Waals surface area contributed by atoms with Gasteiger partial charge in [-0.2, -0.15) is 0 Å². The van der Waals surface area contributed by atoms with Crippen LogP contribution in [-0.2, 0) is 0 Å².